The van der Waals surface area contributed by atoms with Crippen LogP contribution in [0, 0.1) is 0 Å². The predicted molar refractivity (Wildman–Crippen MR) is 50.2 cm³/mol. The molecule has 3 heteroatoms. The zero-order valence-electron chi connectivity index (χ0n) is 8.30. The summed E-state index contributed by atoms with van der Waals surface area (Å²) in [6, 6.07) is 0.448. The SMILES string of the molecule is CC(C)NC1(CO)CCN(C)C1. The van der Waals surface area contributed by atoms with Gasteiger partial charge in [0.2, 0.25) is 0 Å². The second-order valence-corrected chi connectivity index (χ2v) is 4.23. The van der Waals surface area contributed by atoms with Crippen molar-refractivity contribution in [1.29, 1.82) is 0 Å². The lowest BCUT2D eigenvalue weighted by Crippen LogP contribution is -2.53. The van der Waals surface area contributed by atoms with Crippen molar-refractivity contribution in [2.24, 2.45) is 0 Å². The molecule has 0 aromatic carbocycles. The number of hydrogen-bond acceptors (Lipinski definition) is 3. The van der Waals surface area contributed by atoms with Gasteiger partial charge in [-0.15, -0.1) is 0 Å². The van der Waals surface area contributed by atoms with Gasteiger partial charge in [-0.2, -0.15) is 0 Å². The van der Waals surface area contributed by atoms with Gasteiger partial charge in [-0.25, -0.2) is 0 Å². The average molecular weight is 172 g/mol. The van der Waals surface area contributed by atoms with Crippen LogP contribution < -0.4 is 5.32 Å². The lowest BCUT2D eigenvalue weighted by molar-refractivity contribution is 0.156. The summed E-state index contributed by atoms with van der Waals surface area (Å²) in [4.78, 5) is 2.26. The molecule has 1 rings (SSSR count). The fraction of sp³-hybridized carbons (Fsp3) is 1.00. The zero-order valence-corrected chi connectivity index (χ0v) is 8.30. The number of aliphatic hydroxyl groups excluding tert-OH is 1. The van der Waals surface area contributed by atoms with Gasteiger partial charge in [0.05, 0.1) is 12.1 Å². The lowest BCUT2D eigenvalue weighted by atomic mass is 9.99. The molecule has 1 saturated heterocycles. The van der Waals surface area contributed by atoms with Gasteiger partial charge in [0.1, 0.15) is 0 Å². The van der Waals surface area contributed by atoms with Crippen molar-refractivity contribution in [3.63, 3.8) is 0 Å². The molecule has 1 aliphatic heterocycles. The fourth-order valence-electron chi connectivity index (χ4n) is 1.98. The maximum atomic E-state index is 9.29. The van der Waals surface area contributed by atoms with E-state index in [2.05, 4.69) is 31.1 Å². The summed E-state index contributed by atoms with van der Waals surface area (Å²) < 4.78 is 0. The van der Waals surface area contributed by atoms with Crippen molar-refractivity contribution in [3.05, 3.63) is 0 Å². The number of likely N-dealkylation sites (tertiary alicyclic amines) is 1. The van der Waals surface area contributed by atoms with Crippen molar-refractivity contribution in [1.82, 2.24) is 10.2 Å². The van der Waals surface area contributed by atoms with Gasteiger partial charge < -0.3 is 15.3 Å². The smallest absolute Gasteiger partial charge is 0.0626 e. The van der Waals surface area contributed by atoms with E-state index in [1.54, 1.807) is 0 Å². The minimum atomic E-state index is -0.0388. The van der Waals surface area contributed by atoms with Crippen molar-refractivity contribution in [3.8, 4) is 0 Å². The van der Waals surface area contributed by atoms with Crippen LogP contribution in [0.15, 0.2) is 0 Å². The van der Waals surface area contributed by atoms with E-state index in [9.17, 15) is 5.11 Å². The summed E-state index contributed by atoms with van der Waals surface area (Å²) in [6.07, 6.45) is 1.05. The van der Waals surface area contributed by atoms with Crippen LogP contribution in [0.3, 0.4) is 0 Å². The van der Waals surface area contributed by atoms with Crippen molar-refractivity contribution in [2.45, 2.75) is 31.8 Å². The Bertz CT molecular complexity index is 149. The topological polar surface area (TPSA) is 35.5 Å². The summed E-state index contributed by atoms with van der Waals surface area (Å²) in [7, 11) is 2.10. The monoisotopic (exact) mass is 172 g/mol. The molecular weight excluding hydrogens is 152 g/mol. The molecule has 0 spiro atoms. The Kier molecular flexibility index (Phi) is 3.09. The largest absolute Gasteiger partial charge is 0.394 e. The van der Waals surface area contributed by atoms with E-state index in [1.807, 2.05) is 0 Å². The summed E-state index contributed by atoms with van der Waals surface area (Å²) in [5, 5.41) is 12.7. The van der Waals surface area contributed by atoms with Crippen LogP contribution in [-0.4, -0.2) is 48.3 Å². The maximum Gasteiger partial charge on any atom is 0.0626 e. The molecule has 0 bridgehead atoms. The first-order valence-corrected chi connectivity index (χ1v) is 4.65. The Morgan fingerprint density at radius 3 is 2.58 bits per heavy atom. The van der Waals surface area contributed by atoms with Crippen LogP contribution in [0.2, 0.25) is 0 Å². The highest BCUT2D eigenvalue weighted by atomic mass is 16.3. The molecule has 72 valence electrons. The quantitative estimate of drug-likeness (QED) is 0.631. The van der Waals surface area contributed by atoms with Crippen LogP contribution in [0.5, 0.6) is 0 Å². The number of rotatable bonds is 3. The zero-order chi connectivity index (χ0) is 9.19. The van der Waals surface area contributed by atoms with E-state index in [4.69, 9.17) is 0 Å². The minimum Gasteiger partial charge on any atom is -0.394 e. The maximum absolute atomic E-state index is 9.29. The van der Waals surface area contributed by atoms with Crippen LogP contribution in [0.25, 0.3) is 0 Å². The van der Waals surface area contributed by atoms with Gasteiger partial charge in [0, 0.05) is 12.6 Å². The highest BCUT2D eigenvalue weighted by Crippen LogP contribution is 2.19. The Hall–Kier alpha value is -0.120. The van der Waals surface area contributed by atoms with Crippen LogP contribution >= 0.6 is 0 Å². The number of nitrogens with one attached hydrogen (secondary N) is 1. The van der Waals surface area contributed by atoms with E-state index in [-0.39, 0.29) is 12.1 Å². The molecule has 0 aromatic heterocycles. The number of aliphatic hydroxyl groups is 1. The number of likely N-dealkylation sites (N-methyl/N-ethyl adjacent to an activating group) is 1. The third-order valence-corrected chi connectivity index (χ3v) is 2.44. The van der Waals surface area contributed by atoms with Gasteiger partial charge in [-0.05, 0) is 20.0 Å². The summed E-state index contributed by atoms with van der Waals surface area (Å²) in [6.45, 7) is 6.53. The average Bonchev–Trinajstić information content (AvgIpc) is 2.32. The third-order valence-electron chi connectivity index (χ3n) is 2.44. The Labute approximate surface area is 74.8 Å². The summed E-state index contributed by atoms with van der Waals surface area (Å²) in [5.74, 6) is 0. The summed E-state index contributed by atoms with van der Waals surface area (Å²) >= 11 is 0. The molecular formula is C9H20N2O. The molecule has 0 aromatic rings. The van der Waals surface area contributed by atoms with Crippen LogP contribution in [-0.2, 0) is 0 Å². The molecule has 1 fully saturated rings. The van der Waals surface area contributed by atoms with Gasteiger partial charge in [-0.3, -0.25) is 0 Å². The van der Waals surface area contributed by atoms with Crippen molar-refractivity contribution >= 4 is 0 Å². The molecule has 1 unspecified atom stereocenters. The normalized spacial score (nSPS) is 31.8. The van der Waals surface area contributed by atoms with Crippen molar-refractivity contribution in [2.75, 3.05) is 26.7 Å². The molecule has 0 saturated carbocycles. The fourth-order valence-corrected chi connectivity index (χ4v) is 1.98. The molecule has 1 aliphatic rings. The molecule has 12 heavy (non-hydrogen) atoms. The van der Waals surface area contributed by atoms with E-state index < -0.39 is 0 Å². The van der Waals surface area contributed by atoms with E-state index in [1.165, 1.54) is 0 Å². The molecule has 2 N–H and O–H groups in total. The van der Waals surface area contributed by atoms with Gasteiger partial charge in [0.15, 0.2) is 0 Å². The molecule has 0 amide bonds. The lowest BCUT2D eigenvalue weighted by Gasteiger charge is -2.30. The molecule has 0 radical (unpaired) electrons. The van der Waals surface area contributed by atoms with Crippen LogP contribution in [0.4, 0.5) is 0 Å². The third kappa shape index (κ3) is 2.19. The first kappa shape index (κ1) is 9.96. The Morgan fingerprint density at radius 2 is 2.25 bits per heavy atom. The number of nitrogens with zero attached hydrogens (tertiary/aromatic N) is 1. The molecule has 3 nitrogen and oxygen atoms in total. The van der Waals surface area contributed by atoms with Crippen LogP contribution in [0.1, 0.15) is 20.3 Å². The van der Waals surface area contributed by atoms with Crippen molar-refractivity contribution < 1.29 is 5.11 Å². The van der Waals surface area contributed by atoms with E-state index in [0.717, 1.165) is 19.5 Å². The first-order chi connectivity index (χ1) is 5.58. The highest BCUT2D eigenvalue weighted by Gasteiger charge is 2.35. The van der Waals surface area contributed by atoms with Gasteiger partial charge >= 0.3 is 0 Å². The predicted octanol–water partition coefficient (Wildman–Crippen LogP) is 0.0510. The standard InChI is InChI=1S/C9H20N2O/c1-8(2)10-9(7-12)4-5-11(3)6-9/h8,10,12H,4-7H2,1-3H3. The summed E-state index contributed by atoms with van der Waals surface area (Å²) in [5.41, 5.74) is -0.0388. The second-order valence-electron chi connectivity index (χ2n) is 4.23. The minimum absolute atomic E-state index is 0.0388. The van der Waals surface area contributed by atoms with Gasteiger partial charge in [-0.1, -0.05) is 13.8 Å². The number of hydrogen-bond donors (Lipinski definition) is 2. The van der Waals surface area contributed by atoms with Gasteiger partial charge in [0.25, 0.3) is 0 Å². The van der Waals surface area contributed by atoms with E-state index in [0.29, 0.717) is 6.04 Å². The molecule has 1 atom stereocenters. The molecule has 0 aliphatic carbocycles. The Morgan fingerprint density at radius 1 is 1.58 bits per heavy atom. The van der Waals surface area contributed by atoms with E-state index >= 15 is 0 Å². The Balaban J connectivity index is 2.52. The molecule has 1 heterocycles. The first-order valence-electron chi connectivity index (χ1n) is 4.65. The highest BCUT2D eigenvalue weighted by molar-refractivity contribution is 4.96. The second kappa shape index (κ2) is 3.73.